The van der Waals surface area contributed by atoms with Crippen molar-refractivity contribution < 1.29 is 42.9 Å². The Morgan fingerprint density at radius 2 is 0.687 bits per heavy atom. The first-order valence-electron chi connectivity index (χ1n) is 34.4. The lowest BCUT2D eigenvalue weighted by Crippen LogP contribution is -2.44. The van der Waals surface area contributed by atoms with Crippen molar-refractivity contribution in [1.82, 2.24) is 0 Å². The van der Waals surface area contributed by atoms with E-state index in [1.54, 1.807) is 0 Å². The predicted molar refractivity (Wildman–Crippen MR) is 352 cm³/mol. The van der Waals surface area contributed by atoms with E-state index in [9.17, 15) is 19.5 Å². The van der Waals surface area contributed by atoms with Gasteiger partial charge in [-0.3, -0.25) is 9.59 Å². The van der Waals surface area contributed by atoms with Gasteiger partial charge in [-0.15, -0.1) is 0 Å². The van der Waals surface area contributed by atoms with Gasteiger partial charge in [-0.25, -0.2) is 0 Å². The molecule has 83 heavy (non-hydrogen) atoms. The van der Waals surface area contributed by atoms with Crippen LogP contribution in [0.3, 0.4) is 0 Å². The predicted octanol–water partition coefficient (Wildman–Crippen LogP) is 19.9. The third-order valence-electron chi connectivity index (χ3n) is 14.8. The van der Waals surface area contributed by atoms with Gasteiger partial charge in [0, 0.05) is 12.8 Å². The molecule has 0 spiro atoms. The zero-order chi connectivity index (χ0) is 60.5. The highest BCUT2D eigenvalue weighted by molar-refractivity contribution is 5.70. The number of allylic oxidation sites excluding steroid dienone is 16. The molecule has 0 amide bonds. The highest BCUT2D eigenvalue weighted by atomic mass is 16.7. The molecule has 0 bridgehead atoms. The van der Waals surface area contributed by atoms with Crippen molar-refractivity contribution in [1.29, 1.82) is 0 Å². The molecule has 0 aliphatic heterocycles. The smallest absolute Gasteiger partial charge is 0.306 e. The topological polar surface area (TPSA) is 111 Å². The maximum Gasteiger partial charge on any atom is 0.306 e. The van der Waals surface area contributed by atoms with Gasteiger partial charge in [0.15, 0.2) is 12.4 Å². The average molecular weight is 1160 g/mol. The number of rotatable bonds is 63. The van der Waals surface area contributed by atoms with Crippen LogP contribution in [0.2, 0.25) is 0 Å². The Morgan fingerprint density at radius 1 is 0.373 bits per heavy atom. The number of nitrogens with zero attached hydrogens (tertiary/aromatic N) is 1. The maximum absolute atomic E-state index is 12.9. The molecule has 0 saturated carbocycles. The van der Waals surface area contributed by atoms with Crippen LogP contribution >= 0.6 is 0 Å². The number of carbonyl (C=O) groups excluding carboxylic acids is 3. The minimum atomic E-state index is -1.62. The monoisotopic (exact) mass is 1160 g/mol. The number of unbranched alkanes of at least 4 members (excludes halogenated alkanes) is 32. The number of carboxylic acid groups (broad SMARTS) is 1. The summed E-state index contributed by atoms with van der Waals surface area (Å²) in [7, 11) is 5.93. The minimum absolute atomic E-state index is 0.146. The first kappa shape index (κ1) is 79.2. The van der Waals surface area contributed by atoms with Gasteiger partial charge in [0.05, 0.1) is 40.3 Å². The number of hydrogen-bond acceptors (Lipinski definition) is 8. The summed E-state index contributed by atoms with van der Waals surface area (Å²) in [6.45, 7) is 4.65. The van der Waals surface area contributed by atoms with Crippen molar-refractivity contribution in [2.24, 2.45) is 0 Å². The van der Waals surface area contributed by atoms with Gasteiger partial charge >= 0.3 is 11.9 Å². The molecule has 0 aromatic carbocycles. The largest absolute Gasteiger partial charge is 0.545 e. The molecule has 0 aromatic heterocycles. The van der Waals surface area contributed by atoms with Crippen LogP contribution in [-0.4, -0.2) is 82.3 Å². The number of aliphatic carboxylic acids is 1. The van der Waals surface area contributed by atoms with Crippen LogP contribution in [0.15, 0.2) is 97.2 Å². The zero-order valence-corrected chi connectivity index (χ0v) is 54.5. The Bertz CT molecular complexity index is 1680. The first-order valence-corrected chi connectivity index (χ1v) is 34.4. The summed E-state index contributed by atoms with van der Waals surface area (Å²) < 4.78 is 22.8. The second-order valence-corrected chi connectivity index (χ2v) is 24.1. The summed E-state index contributed by atoms with van der Waals surface area (Å²) in [5.74, 6) is -2.28. The molecule has 0 N–H and O–H groups in total. The molecule has 0 rings (SSSR count). The highest BCUT2D eigenvalue weighted by Crippen LogP contribution is 2.17. The molecule has 0 fully saturated rings. The fourth-order valence-corrected chi connectivity index (χ4v) is 9.57. The zero-order valence-electron chi connectivity index (χ0n) is 54.5. The summed E-state index contributed by atoms with van der Waals surface area (Å²) in [5.41, 5.74) is 0. The summed E-state index contributed by atoms with van der Waals surface area (Å²) in [6.07, 6.45) is 84.9. The van der Waals surface area contributed by atoms with Crippen molar-refractivity contribution in [3.8, 4) is 0 Å². The normalized spacial score (nSPS) is 13.3. The van der Waals surface area contributed by atoms with Crippen molar-refractivity contribution >= 4 is 17.9 Å². The molecule has 0 radical (unpaired) electrons. The molecular formula is C74H129NO8. The van der Waals surface area contributed by atoms with E-state index in [1.165, 1.54) is 173 Å². The quantitative estimate of drug-likeness (QED) is 0.0195. The van der Waals surface area contributed by atoms with E-state index in [-0.39, 0.29) is 38.6 Å². The average Bonchev–Trinajstić information content (AvgIpc) is 3.46. The second-order valence-electron chi connectivity index (χ2n) is 24.1. The van der Waals surface area contributed by atoms with E-state index in [0.29, 0.717) is 17.4 Å². The second kappa shape index (κ2) is 64.2. The first-order chi connectivity index (χ1) is 40.6. The lowest BCUT2D eigenvalue weighted by atomic mass is 10.0. The number of quaternary nitrogens is 1. The van der Waals surface area contributed by atoms with E-state index >= 15 is 0 Å². The Balaban J connectivity index is 4.01. The van der Waals surface area contributed by atoms with Crippen LogP contribution in [0.4, 0.5) is 0 Å². The van der Waals surface area contributed by atoms with Gasteiger partial charge in [-0.1, -0.05) is 284 Å². The fourth-order valence-electron chi connectivity index (χ4n) is 9.57. The summed E-state index contributed by atoms with van der Waals surface area (Å²) in [4.78, 5) is 37.4. The fraction of sp³-hybridized carbons (Fsp3) is 0.743. The Kier molecular flexibility index (Phi) is 61.3. The minimum Gasteiger partial charge on any atom is -0.545 e. The van der Waals surface area contributed by atoms with Gasteiger partial charge in [-0.05, 0) is 96.3 Å². The molecule has 2 atom stereocenters. The van der Waals surface area contributed by atoms with E-state index in [0.717, 1.165) is 89.9 Å². The Morgan fingerprint density at radius 3 is 1.04 bits per heavy atom. The van der Waals surface area contributed by atoms with E-state index in [2.05, 4.69) is 111 Å². The van der Waals surface area contributed by atoms with Crippen LogP contribution in [0.1, 0.15) is 296 Å². The molecule has 0 saturated heterocycles. The number of hydrogen-bond donors (Lipinski definition) is 0. The van der Waals surface area contributed by atoms with Crippen LogP contribution in [-0.2, 0) is 33.3 Å². The third-order valence-corrected chi connectivity index (χ3v) is 14.8. The number of carboxylic acids is 1. The maximum atomic E-state index is 12.9. The number of ether oxygens (including phenoxy) is 4. The standard InChI is InChI=1S/C74H129NO8/c1-6-8-10-12-14-16-18-20-22-24-25-26-27-28-29-30-31-32-33-34-35-36-37-38-39-40-41-42-43-44-45-46-47-49-51-53-55-57-59-61-63-65-72(77)83-70(69-82-74(73(78)79)80-67-66-75(3,4)5)68-81-71(76)64-62-60-58-56-54-52-50-48-23-21-19-17-15-13-11-9-7-2/h8,10,14,16,20-23,25-26,28-29,31-32,34-35,70,74H,6-7,9,11-13,15,17-19,24,27,30,33,36-69H2,1-5H3/b10-8-,16-14-,22-20-,23-21-,26-25-,29-28-,32-31-,35-34-. The number of esters is 2. The van der Waals surface area contributed by atoms with E-state index in [1.807, 2.05) is 21.1 Å². The molecule has 0 aliphatic carbocycles. The molecule has 9 heteroatoms. The Labute approximate surface area is 512 Å². The van der Waals surface area contributed by atoms with Crippen LogP contribution in [0.5, 0.6) is 0 Å². The van der Waals surface area contributed by atoms with Gasteiger partial charge in [0.25, 0.3) is 0 Å². The molecule has 2 unspecified atom stereocenters. The van der Waals surface area contributed by atoms with Crippen LogP contribution in [0.25, 0.3) is 0 Å². The lowest BCUT2D eigenvalue weighted by Gasteiger charge is -2.26. The number of carbonyl (C=O) groups is 3. The molecule has 0 aromatic rings. The van der Waals surface area contributed by atoms with Gasteiger partial charge < -0.3 is 33.3 Å². The van der Waals surface area contributed by atoms with E-state index < -0.39 is 24.3 Å². The van der Waals surface area contributed by atoms with E-state index in [4.69, 9.17) is 18.9 Å². The molecule has 0 aliphatic rings. The van der Waals surface area contributed by atoms with Gasteiger partial charge in [0.1, 0.15) is 13.2 Å². The SMILES string of the molecule is CC/C=C\C/C=C\C/C=C\C/C=C\C/C=C\C/C=C\C/C=C\CCCCCCCCCCCCCCCCCCCCCC(=O)OC(COC(=O)CCCCCCCCC/C=C\CCCCCCCC)COC(OCC[N+](C)(C)C)C(=O)[O-]. The molecule has 478 valence electrons. The highest BCUT2D eigenvalue weighted by Gasteiger charge is 2.22. The van der Waals surface area contributed by atoms with Crippen molar-refractivity contribution in [2.75, 3.05) is 47.5 Å². The lowest BCUT2D eigenvalue weighted by molar-refractivity contribution is -0.870. The molecular weight excluding hydrogens is 1030 g/mol. The van der Waals surface area contributed by atoms with Crippen molar-refractivity contribution in [2.45, 2.75) is 309 Å². The van der Waals surface area contributed by atoms with Gasteiger partial charge in [-0.2, -0.15) is 0 Å². The molecule has 0 heterocycles. The number of likely N-dealkylation sites (N-methyl/N-ethyl adjacent to an activating group) is 1. The summed E-state index contributed by atoms with van der Waals surface area (Å²) in [5, 5.41) is 11.8. The van der Waals surface area contributed by atoms with Crippen molar-refractivity contribution in [3.63, 3.8) is 0 Å². The Hall–Kier alpha value is -3.79. The van der Waals surface area contributed by atoms with Gasteiger partial charge in [0.2, 0.25) is 0 Å². The summed E-state index contributed by atoms with van der Waals surface area (Å²) >= 11 is 0. The third kappa shape index (κ3) is 65.6. The van der Waals surface area contributed by atoms with Crippen LogP contribution < -0.4 is 5.11 Å². The van der Waals surface area contributed by atoms with Crippen LogP contribution in [0, 0.1) is 0 Å². The molecule has 9 nitrogen and oxygen atoms in total. The van der Waals surface area contributed by atoms with Crippen molar-refractivity contribution in [3.05, 3.63) is 97.2 Å². The summed E-state index contributed by atoms with van der Waals surface area (Å²) in [6, 6.07) is 0.